The molecule has 1 saturated heterocycles. The van der Waals surface area contributed by atoms with Gasteiger partial charge >= 0.3 is 6.03 Å². The maximum absolute atomic E-state index is 12.8. The molecule has 1 unspecified atom stereocenters. The standard InChI is InChI=1S/C22H20ClN5O2/c1-14-4-5-16(11-18(14)23)25-22(29)27-9-6-17(12-27)28-20(15-7-10-30-13-15)26-19-3-2-8-24-21(19)28/h2-5,7-8,10-11,13,17H,6,9,12H2,1H3,(H,25,29). The number of carbonyl (C=O) groups excluding carboxylic acids is 1. The summed E-state index contributed by atoms with van der Waals surface area (Å²) in [5.41, 5.74) is 4.19. The number of hydrogen-bond acceptors (Lipinski definition) is 4. The predicted octanol–water partition coefficient (Wildman–Crippen LogP) is 5.13. The number of benzene rings is 1. The normalized spacial score (nSPS) is 16.3. The molecule has 1 N–H and O–H groups in total. The third-order valence-corrected chi connectivity index (χ3v) is 5.87. The number of likely N-dealkylation sites (tertiary alicyclic amines) is 1. The van der Waals surface area contributed by atoms with Crippen LogP contribution in [0.1, 0.15) is 18.0 Å². The Kier molecular flexibility index (Phi) is 4.67. The van der Waals surface area contributed by atoms with Crippen LogP contribution < -0.4 is 5.32 Å². The van der Waals surface area contributed by atoms with Crippen LogP contribution in [0.25, 0.3) is 22.6 Å². The van der Waals surface area contributed by atoms with Crippen molar-refractivity contribution in [3.63, 3.8) is 0 Å². The summed E-state index contributed by atoms with van der Waals surface area (Å²) in [6.07, 6.45) is 5.89. The molecule has 1 aliphatic heterocycles. The summed E-state index contributed by atoms with van der Waals surface area (Å²) in [5.74, 6) is 0.801. The summed E-state index contributed by atoms with van der Waals surface area (Å²) in [6.45, 7) is 3.14. The van der Waals surface area contributed by atoms with Crippen molar-refractivity contribution in [3.05, 3.63) is 65.7 Å². The highest BCUT2D eigenvalue weighted by Crippen LogP contribution is 2.32. The smallest absolute Gasteiger partial charge is 0.321 e. The number of imidazole rings is 1. The molecule has 0 spiro atoms. The van der Waals surface area contributed by atoms with Gasteiger partial charge in [-0.2, -0.15) is 0 Å². The second-order valence-corrected chi connectivity index (χ2v) is 7.85. The molecule has 7 nitrogen and oxygen atoms in total. The molecule has 152 valence electrons. The number of aromatic nitrogens is 3. The molecule has 0 aliphatic carbocycles. The van der Waals surface area contributed by atoms with E-state index < -0.39 is 0 Å². The average Bonchev–Trinajstić information content (AvgIpc) is 3.49. The second-order valence-electron chi connectivity index (χ2n) is 7.45. The van der Waals surface area contributed by atoms with Gasteiger partial charge in [-0.05, 0) is 49.2 Å². The largest absolute Gasteiger partial charge is 0.472 e. The number of halogens is 1. The van der Waals surface area contributed by atoms with Crippen molar-refractivity contribution in [2.45, 2.75) is 19.4 Å². The zero-order chi connectivity index (χ0) is 20.7. The van der Waals surface area contributed by atoms with Gasteiger partial charge in [0.05, 0.1) is 17.9 Å². The van der Waals surface area contributed by atoms with Crippen LogP contribution >= 0.6 is 11.6 Å². The van der Waals surface area contributed by atoms with Crippen molar-refractivity contribution >= 4 is 34.5 Å². The third-order valence-electron chi connectivity index (χ3n) is 5.47. The zero-order valence-electron chi connectivity index (χ0n) is 16.4. The molecule has 1 fully saturated rings. The lowest BCUT2D eigenvalue weighted by atomic mass is 10.2. The lowest BCUT2D eigenvalue weighted by Gasteiger charge is -2.19. The average molecular weight is 422 g/mol. The number of hydrogen-bond donors (Lipinski definition) is 1. The zero-order valence-corrected chi connectivity index (χ0v) is 17.1. The van der Waals surface area contributed by atoms with Crippen LogP contribution in [-0.2, 0) is 0 Å². The molecule has 30 heavy (non-hydrogen) atoms. The summed E-state index contributed by atoms with van der Waals surface area (Å²) in [5, 5.41) is 3.58. The quantitative estimate of drug-likeness (QED) is 0.497. The van der Waals surface area contributed by atoms with E-state index in [1.807, 2.05) is 42.2 Å². The van der Waals surface area contributed by atoms with Gasteiger partial charge in [0.2, 0.25) is 0 Å². The molecule has 1 aromatic carbocycles. The summed E-state index contributed by atoms with van der Waals surface area (Å²) in [7, 11) is 0. The lowest BCUT2D eigenvalue weighted by Crippen LogP contribution is -2.33. The molecular weight excluding hydrogens is 402 g/mol. The Morgan fingerprint density at radius 3 is 3.00 bits per heavy atom. The molecular formula is C22H20ClN5O2. The van der Waals surface area contributed by atoms with Crippen LogP contribution in [0.3, 0.4) is 0 Å². The fourth-order valence-electron chi connectivity index (χ4n) is 3.88. The van der Waals surface area contributed by atoms with Gasteiger partial charge in [0, 0.05) is 30.0 Å². The maximum atomic E-state index is 12.8. The van der Waals surface area contributed by atoms with Crippen molar-refractivity contribution in [1.29, 1.82) is 0 Å². The monoisotopic (exact) mass is 421 g/mol. The first kappa shape index (κ1) is 18.7. The molecule has 1 aliphatic rings. The first-order valence-corrected chi connectivity index (χ1v) is 10.2. The van der Waals surface area contributed by atoms with Gasteiger partial charge in [0.25, 0.3) is 0 Å². The highest BCUT2D eigenvalue weighted by molar-refractivity contribution is 6.31. The summed E-state index contributed by atoms with van der Waals surface area (Å²) in [4.78, 5) is 23.9. The number of carbonyl (C=O) groups is 1. The molecule has 4 aromatic rings. The topological polar surface area (TPSA) is 76.2 Å². The van der Waals surface area contributed by atoms with Gasteiger partial charge in [-0.3, -0.25) is 0 Å². The fraction of sp³-hybridized carbons (Fsp3) is 0.227. The van der Waals surface area contributed by atoms with E-state index in [9.17, 15) is 4.79 Å². The van der Waals surface area contributed by atoms with Gasteiger partial charge in [-0.1, -0.05) is 17.7 Å². The summed E-state index contributed by atoms with van der Waals surface area (Å²) >= 11 is 6.18. The molecule has 0 radical (unpaired) electrons. The minimum atomic E-state index is -0.139. The molecule has 4 heterocycles. The van der Waals surface area contributed by atoms with Crippen molar-refractivity contribution in [2.75, 3.05) is 18.4 Å². The van der Waals surface area contributed by atoms with Crippen LogP contribution in [0.4, 0.5) is 10.5 Å². The summed E-state index contributed by atoms with van der Waals surface area (Å²) < 4.78 is 7.39. The van der Waals surface area contributed by atoms with Gasteiger partial charge in [-0.15, -0.1) is 0 Å². The van der Waals surface area contributed by atoms with Gasteiger partial charge in [0.15, 0.2) is 5.65 Å². The van der Waals surface area contributed by atoms with E-state index in [4.69, 9.17) is 21.0 Å². The Bertz CT molecular complexity index is 1220. The lowest BCUT2D eigenvalue weighted by molar-refractivity contribution is 0.221. The number of fused-ring (bicyclic) bond motifs is 1. The van der Waals surface area contributed by atoms with Crippen LogP contribution in [0.2, 0.25) is 5.02 Å². The Balaban J connectivity index is 1.40. The highest BCUT2D eigenvalue weighted by Gasteiger charge is 2.31. The van der Waals surface area contributed by atoms with E-state index in [2.05, 4.69) is 14.9 Å². The van der Waals surface area contributed by atoms with E-state index in [-0.39, 0.29) is 12.1 Å². The van der Waals surface area contributed by atoms with Crippen molar-refractivity contribution in [2.24, 2.45) is 0 Å². The molecule has 1 atom stereocenters. The van der Waals surface area contributed by atoms with Crippen LogP contribution in [0, 0.1) is 6.92 Å². The maximum Gasteiger partial charge on any atom is 0.321 e. The van der Waals surface area contributed by atoms with E-state index in [0.717, 1.165) is 34.5 Å². The Morgan fingerprint density at radius 2 is 2.20 bits per heavy atom. The number of pyridine rings is 1. The minimum Gasteiger partial charge on any atom is -0.472 e. The first-order chi connectivity index (χ1) is 14.6. The Labute approximate surface area is 178 Å². The Morgan fingerprint density at radius 1 is 1.30 bits per heavy atom. The van der Waals surface area contributed by atoms with Crippen molar-refractivity contribution in [1.82, 2.24) is 19.4 Å². The third kappa shape index (κ3) is 3.31. The Hall–Kier alpha value is -3.32. The van der Waals surface area contributed by atoms with E-state index in [0.29, 0.717) is 23.8 Å². The van der Waals surface area contributed by atoms with Crippen molar-refractivity contribution < 1.29 is 9.21 Å². The number of furan rings is 1. The molecule has 5 rings (SSSR count). The number of urea groups is 1. The molecule has 3 aromatic heterocycles. The van der Waals surface area contributed by atoms with Crippen LogP contribution in [0.5, 0.6) is 0 Å². The van der Waals surface area contributed by atoms with E-state index in [1.165, 1.54) is 0 Å². The summed E-state index contributed by atoms with van der Waals surface area (Å²) in [6, 6.07) is 11.2. The van der Waals surface area contributed by atoms with Crippen molar-refractivity contribution in [3.8, 4) is 11.4 Å². The number of aryl methyl sites for hydroxylation is 1. The van der Waals surface area contributed by atoms with Crippen LogP contribution in [-0.4, -0.2) is 38.6 Å². The number of nitrogens with zero attached hydrogens (tertiary/aromatic N) is 4. The first-order valence-electron chi connectivity index (χ1n) is 9.78. The number of amides is 2. The van der Waals surface area contributed by atoms with E-state index >= 15 is 0 Å². The SMILES string of the molecule is Cc1ccc(NC(=O)N2CCC(n3c(-c4ccoc4)nc4cccnc43)C2)cc1Cl. The minimum absolute atomic E-state index is 0.0714. The number of rotatable bonds is 3. The van der Waals surface area contributed by atoms with Gasteiger partial charge < -0.3 is 19.2 Å². The van der Waals surface area contributed by atoms with Gasteiger partial charge in [-0.25, -0.2) is 14.8 Å². The molecule has 2 amide bonds. The fourth-order valence-corrected chi connectivity index (χ4v) is 4.06. The van der Waals surface area contributed by atoms with E-state index in [1.54, 1.807) is 24.8 Å². The van der Waals surface area contributed by atoms with Crippen LogP contribution in [0.15, 0.2) is 59.5 Å². The second kappa shape index (κ2) is 7.50. The molecule has 0 bridgehead atoms. The number of nitrogens with one attached hydrogen (secondary N) is 1. The predicted molar refractivity (Wildman–Crippen MR) is 116 cm³/mol. The number of anilines is 1. The molecule has 0 saturated carbocycles. The highest BCUT2D eigenvalue weighted by atomic mass is 35.5. The molecule has 8 heteroatoms. The van der Waals surface area contributed by atoms with Gasteiger partial charge in [0.1, 0.15) is 17.6 Å².